The fraction of sp³-hybridized carbons (Fsp3) is 0.368. The minimum atomic E-state index is -0.743. The highest BCUT2D eigenvalue weighted by molar-refractivity contribution is 7.10. The van der Waals surface area contributed by atoms with E-state index in [1.807, 2.05) is 0 Å². The topological polar surface area (TPSA) is 105 Å². The van der Waals surface area contributed by atoms with E-state index in [1.165, 1.54) is 39.8 Å². The molecule has 0 radical (unpaired) electrons. The predicted molar refractivity (Wildman–Crippen MR) is 99.3 cm³/mol. The molecular formula is C19H20O8S. The molecule has 2 unspecified atom stereocenters. The van der Waals surface area contributed by atoms with Crippen molar-refractivity contribution >= 4 is 40.8 Å². The Hall–Kier alpha value is -2.94. The Bertz CT molecular complexity index is 876. The Labute approximate surface area is 165 Å². The van der Waals surface area contributed by atoms with E-state index >= 15 is 0 Å². The van der Waals surface area contributed by atoms with Crippen molar-refractivity contribution < 1.29 is 38.1 Å². The number of rotatable bonds is 5. The summed E-state index contributed by atoms with van der Waals surface area (Å²) in [7, 11) is 4.78. The van der Waals surface area contributed by atoms with Gasteiger partial charge in [-0.15, -0.1) is 11.3 Å². The summed E-state index contributed by atoms with van der Waals surface area (Å²) in [5.74, 6) is -4.30. The van der Waals surface area contributed by atoms with E-state index in [2.05, 4.69) is 4.74 Å². The first-order valence-corrected chi connectivity index (χ1v) is 9.06. The van der Waals surface area contributed by atoms with Crippen molar-refractivity contribution in [2.24, 2.45) is 5.92 Å². The summed E-state index contributed by atoms with van der Waals surface area (Å²) in [6.45, 7) is 1.66. The van der Waals surface area contributed by atoms with Crippen molar-refractivity contribution in [2.75, 3.05) is 28.4 Å². The molecule has 0 bridgehead atoms. The van der Waals surface area contributed by atoms with Gasteiger partial charge in [-0.25, -0.2) is 19.2 Å². The van der Waals surface area contributed by atoms with Crippen LogP contribution in [0.5, 0.6) is 0 Å². The predicted octanol–water partition coefficient (Wildman–Crippen LogP) is 1.85. The summed E-state index contributed by atoms with van der Waals surface area (Å²) in [6.07, 6.45) is 1.04. The van der Waals surface area contributed by atoms with Crippen LogP contribution in [0.3, 0.4) is 0 Å². The second kappa shape index (κ2) is 8.83. The lowest BCUT2D eigenvalue weighted by Gasteiger charge is -2.32. The zero-order valence-electron chi connectivity index (χ0n) is 16.1. The van der Waals surface area contributed by atoms with Crippen LogP contribution in [0.2, 0.25) is 0 Å². The van der Waals surface area contributed by atoms with E-state index in [9.17, 15) is 19.2 Å². The summed E-state index contributed by atoms with van der Waals surface area (Å²) in [5, 5.41) is 1.72. The van der Waals surface area contributed by atoms with E-state index in [4.69, 9.17) is 14.2 Å². The van der Waals surface area contributed by atoms with E-state index < -0.39 is 35.7 Å². The maximum atomic E-state index is 12.5. The Balaban J connectivity index is 2.79. The molecule has 28 heavy (non-hydrogen) atoms. The van der Waals surface area contributed by atoms with Gasteiger partial charge in [0.05, 0.1) is 45.2 Å². The molecule has 0 amide bonds. The van der Waals surface area contributed by atoms with Gasteiger partial charge in [0.2, 0.25) is 0 Å². The molecule has 0 N–H and O–H groups in total. The molecular weight excluding hydrogens is 388 g/mol. The van der Waals surface area contributed by atoms with Crippen LogP contribution < -0.4 is 0 Å². The van der Waals surface area contributed by atoms with E-state index in [0.29, 0.717) is 10.4 Å². The Morgan fingerprint density at radius 2 is 1.61 bits per heavy atom. The van der Waals surface area contributed by atoms with E-state index in [-0.39, 0.29) is 16.7 Å². The first kappa shape index (κ1) is 21.4. The third-order valence-corrected chi connectivity index (χ3v) is 5.50. The summed E-state index contributed by atoms with van der Waals surface area (Å²) < 4.78 is 19.2. The van der Waals surface area contributed by atoms with Crippen molar-refractivity contribution in [1.82, 2.24) is 0 Å². The van der Waals surface area contributed by atoms with Gasteiger partial charge in [-0.2, -0.15) is 0 Å². The molecule has 0 spiro atoms. The minimum Gasteiger partial charge on any atom is -0.466 e. The van der Waals surface area contributed by atoms with E-state index in [1.54, 1.807) is 18.4 Å². The number of hydrogen-bond donors (Lipinski definition) is 0. The van der Waals surface area contributed by atoms with Crippen LogP contribution in [0.1, 0.15) is 23.3 Å². The molecule has 0 aromatic carbocycles. The molecule has 0 fully saturated rings. The van der Waals surface area contributed by atoms with Gasteiger partial charge in [-0.05, 0) is 11.4 Å². The highest BCUT2D eigenvalue weighted by atomic mass is 32.1. The average molecular weight is 408 g/mol. The molecule has 2 rings (SSSR count). The van der Waals surface area contributed by atoms with Crippen molar-refractivity contribution in [3.63, 3.8) is 0 Å². The van der Waals surface area contributed by atoms with Crippen LogP contribution in [0.15, 0.2) is 28.7 Å². The molecule has 0 aliphatic heterocycles. The normalized spacial score (nSPS) is 18.8. The lowest BCUT2D eigenvalue weighted by molar-refractivity contribution is -0.139. The number of fused-ring (bicyclic) bond motifs is 1. The summed E-state index contributed by atoms with van der Waals surface area (Å²) in [4.78, 5) is 49.9. The second-order valence-electron chi connectivity index (χ2n) is 5.85. The molecule has 9 heteroatoms. The van der Waals surface area contributed by atoms with Gasteiger partial charge >= 0.3 is 23.9 Å². The number of esters is 4. The van der Waals surface area contributed by atoms with Crippen molar-refractivity contribution in [3.05, 3.63) is 39.1 Å². The monoisotopic (exact) mass is 408 g/mol. The van der Waals surface area contributed by atoms with Gasteiger partial charge in [0, 0.05) is 28.4 Å². The van der Waals surface area contributed by atoms with Gasteiger partial charge in [0.1, 0.15) is 0 Å². The number of methoxy groups -OCH3 is 4. The molecule has 0 saturated heterocycles. The van der Waals surface area contributed by atoms with Crippen LogP contribution in [-0.4, -0.2) is 52.3 Å². The van der Waals surface area contributed by atoms with Crippen LogP contribution in [0, 0.1) is 5.92 Å². The highest BCUT2D eigenvalue weighted by Gasteiger charge is 2.43. The Morgan fingerprint density at radius 3 is 2.14 bits per heavy atom. The standard InChI is InChI=1S/C19H20O8S/c1-9-13(11(17(21)25-3)8-12(20)24-2)16-10(6-7-28-16)15(19(23)27-5)14(9)18(22)26-4/h6-9,13H,1-5H3/b11-8-. The van der Waals surface area contributed by atoms with Gasteiger partial charge in [0.25, 0.3) is 0 Å². The maximum absolute atomic E-state index is 12.5. The molecule has 1 heterocycles. The summed E-state index contributed by atoms with van der Waals surface area (Å²) in [5.41, 5.74) is 0.595. The Kier molecular flexibility index (Phi) is 6.74. The molecule has 8 nitrogen and oxygen atoms in total. The quantitative estimate of drug-likeness (QED) is 0.413. The van der Waals surface area contributed by atoms with Gasteiger partial charge in [0.15, 0.2) is 0 Å². The number of hydrogen-bond acceptors (Lipinski definition) is 9. The average Bonchev–Trinajstić information content (AvgIpc) is 3.18. The zero-order chi connectivity index (χ0) is 21.0. The van der Waals surface area contributed by atoms with Gasteiger partial charge in [-0.3, -0.25) is 0 Å². The van der Waals surface area contributed by atoms with Gasteiger partial charge in [-0.1, -0.05) is 6.92 Å². The summed E-state index contributed by atoms with van der Waals surface area (Å²) >= 11 is 1.29. The second-order valence-corrected chi connectivity index (χ2v) is 6.80. The SMILES string of the molecule is COC(=O)/C=C(\C(=O)OC)C1c2sccc2C(C(=O)OC)=C(C(=O)OC)C1C. The molecule has 0 saturated carbocycles. The van der Waals surface area contributed by atoms with E-state index in [0.717, 1.165) is 6.08 Å². The van der Waals surface area contributed by atoms with Crippen molar-refractivity contribution in [3.8, 4) is 0 Å². The van der Waals surface area contributed by atoms with Crippen molar-refractivity contribution in [1.29, 1.82) is 0 Å². The number of carbonyl (C=O) groups is 4. The molecule has 150 valence electrons. The molecule has 1 aromatic rings. The molecule has 1 aliphatic rings. The smallest absolute Gasteiger partial charge is 0.339 e. The molecule has 1 aliphatic carbocycles. The third-order valence-electron chi connectivity index (χ3n) is 4.50. The first-order valence-electron chi connectivity index (χ1n) is 8.18. The largest absolute Gasteiger partial charge is 0.466 e. The molecule has 2 atom stereocenters. The third kappa shape index (κ3) is 3.70. The lowest BCUT2D eigenvalue weighted by Crippen LogP contribution is -2.30. The minimum absolute atomic E-state index is 0.0101. The Morgan fingerprint density at radius 1 is 0.964 bits per heavy atom. The number of carbonyl (C=O) groups excluding carboxylic acids is 4. The number of thiophene rings is 1. The zero-order valence-corrected chi connectivity index (χ0v) is 16.9. The highest BCUT2D eigenvalue weighted by Crippen LogP contribution is 2.49. The van der Waals surface area contributed by atoms with Gasteiger partial charge < -0.3 is 18.9 Å². The number of ether oxygens (including phenoxy) is 4. The van der Waals surface area contributed by atoms with Crippen LogP contribution in [-0.2, 0) is 38.1 Å². The molecule has 1 aromatic heterocycles. The summed E-state index contributed by atoms with van der Waals surface area (Å²) in [6, 6.07) is 1.65. The van der Waals surface area contributed by atoms with Crippen molar-refractivity contribution in [2.45, 2.75) is 12.8 Å². The lowest BCUT2D eigenvalue weighted by atomic mass is 9.72. The fourth-order valence-electron chi connectivity index (χ4n) is 3.24. The van der Waals surface area contributed by atoms with Crippen LogP contribution in [0.4, 0.5) is 0 Å². The van der Waals surface area contributed by atoms with Crippen LogP contribution in [0.25, 0.3) is 5.57 Å². The first-order chi connectivity index (χ1) is 13.3. The maximum Gasteiger partial charge on any atom is 0.339 e. The fourth-order valence-corrected chi connectivity index (χ4v) is 4.37. The van der Waals surface area contributed by atoms with Crippen LogP contribution >= 0.6 is 11.3 Å².